The van der Waals surface area contributed by atoms with Crippen molar-refractivity contribution in [3.63, 3.8) is 0 Å². The molecule has 0 aliphatic heterocycles. The highest BCUT2D eigenvalue weighted by Crippen LogP contribution is 2.21. The average molecular weight is 394 g/mol. The van der Waals surface area contributed by atoms with Gasteiger partial charge < -0.3 is 10.4 Å². The van der Waals surface area contributed by atoms with E-state index in [2.05, 4.69) is 10.4 Å². The largest absolute Gasteiger partial charge is 0.386 e. The Bertz CT molecular complexity index is 977. The van der Waals surface area contributed by atoms with Crippen molar-refractivity contribution >= 4 is 28.9 Å². The monoisotopic (exact) mass is 393 g/mol. The normalized spacial score (nSPS) is 12.0. The van der Waals surface area contributed by atoms with Gasteiger partial charge in [0.25, 0.3) is 5.56 Å². The van der Waals surface area contributed by atoms with Gasteiger partial charge in [0.05, 0.1) is 23.7 Å². The van der Waals surface area contributed by atoms with Crippen molar-refractivity contribution in [3.05, 3.63) is 86.5 Å². The molecule has 1 heterocycles. The van der Waals surface area contributed by atoms with Crippen molar-refractivity contribution < 1.29 is 9.50 Å². The molecule has 2 aromatic carbocycles. The Morgan fingerprint density at radius 1 is 1.15 bits per heavy atom. The van der Waals surface area contributed by atoms with Crippen LogP contribution in [0.4, 0.5) is 10.1 Å². The van der Waals surface area contributed by atoms with Gasteiger partial charge in [-0.2, -0.15) is 9.78 Å². The zero-order valence-corrected chi connectivity index (χ0v) is 14.9. The summed E-state index contributed by atoms with van der Waals surface area (Å²) in [6, 6.07) is 12.5. The summed E-state index contributed by atoms with van der Waals surface area (Å²) in [6.45, 7) is -0.0350. The molecule has 0 spiro atoms. The van der Waals surface area contributed by atoms with E-state index in [1.54, 1.807) is 30.3 Å². The van der Waals surface area contributed by atoms with E-state index in [-0.39, 0.29) is 22.8 Å². The van der Waals surface area contributed by atoms with Gasteiger partial charge in [-0.15, -0.1) is 0 Å². The molecule has 0 saturated carbocycles. The maximum Gasteiger partial charge on any atom is 0.292 e. The fourth-order valence-electron chi connectivity index (χ4n) is 2.38. The maximum atomic E-state index is 13.7. The second-order valence-corrected chi connectivity index (χ2v) is 6.30. The SMILES string of the molecule is O=c1c(Cl)c(NCC(O)c2ccccc2F)cnn1-c1ccc(Cl)cc1. The van der Waals surface area contributed by atoms with Crippen molar-refractivity contribution in [1.29, 1.82) is 0 Å². The van der Waals surface area contributed by atoms with E-state index in [9.17, 15) is 14.3 Å². The highest BCUT2D eigenvalue weighted by molar-refractivity contribution is 6.33. The molecule has 1 atom stereocenters. The quantitative estimate of drug-likeness (QED) is 0.691. The Labute approximate surface area is 158 Å². The molecule has 0 radical (unpaired) electrons. The zero-order valence-electron chi connectivity index (χ0n) is 13.4. The van der Waals surface area contributed by atoms with Crippen LogP contribution in [0.5, 0.6) is 0 Å². The third-order valence-electron chi connectivity index (χ3n) is 3.74. The molecule has 1 aromatic heterocycles. The van der Waals surface area contributed by atoms with Crippen LogP contribution in [0.3, 0.4) is 0 Å². The number of aliphatic hydroxyl groups excluding tert-OH is 1. The third kappa shape index (κ3) is 3.88. The molecule has 2 N–H and O–H groups in total. The number of aliphatic hydroxyl groups is 1. The molecule has 0 fully saturated rings. The van der Waals surface area contributed by atoms with Crippen molar-refractivity contribution in [1.82, 2.24) is 9.78 Å². The minimum atomic E-state index is -1.11. The van der Waals surface area contributed by atoms with Gasteiger partial charge in [-0.25, -0.2) is 4.39 Å². The molecule has 3 rings (SSSR count). The number of anilines is 1. The number of nitrogens with one attached hydrogen (secondary N) is 1. The fourth-order valence-corrected chi connectivity index (χ4v) is 2.71. The summed E-state index contributed by atoms with van der Waals surface area (Å²) in [7, 11) is 0. The van der Waals surface area contributed by atoms with E-state index in [4.69, 9.17) is 23.2 Å². The van der Waals surface area contributed by atoms with Crippen LogP contribution in [0.15, 0.2) is 59.5 Å². The summed E-state index contributed by atoms with van der Waals surface area (Å²) >= 11 is 12.0. The smallest absolute Gasteiger partial charge is 0.292 e. The van der Waals surface area contributed by atoms with Crippen LogP contribution < -0.4 is 10.9 Å². The van der Waals surface area contributed by atoms with Gasteiger partial charge in [0.2, 0.25) is 0 Å². The fraction of sp³-hybridized carbons (Fsp3) is 0.111. The Morgan fingerprint density at radius 3 is 2.54 bits per heavy atom. The van der Waals surface area contributed by atoms with Crippen LogP contribution in [0.2, 0.25) is 10.0 Å². The average Bonchev–Trinajstić information content (AvgIpc) is 2.64. The first-order valence-corrected chi connectivity index (χ1v) is 8.43. The van der Waals surface area contributed by atoms with Crippen molar-refractivity contribution in [3.8, 4) is 5.69 Å². The first-order chi connectivity index (χ1) is 12.5. The molecular formula is C18H14Cl2FN3O2. The van der Waals surface area contributed by atoms with Crippen LogP contribution >= 0.6 is 23.2 Å². The first kappa shape index (κ1) is 18.4. The topological polar surface area (TPSA) is 67.2 Å². The lowest BCUT2D eigenvalue weighted by Crippen LogP contribution is -2.23. The number of rotatable bonds is 5. The minimum Gasteiger partial charge on any atom is -0.386 e. The Kier molecular flexibility index (Phi) is 5.56. The van der Waals surface area contributed by atoms with E-state index in [1.807, 2.05) is 0 Å². The molecule has 3 aromatic rings. The summed E-state index contributed by atoms with van der Waals surface area (Å²) < 4.78 is 14.8. The Balaban J connectivity index is 1.79. The van der Waals surface area contributed by atoms with Gasteiger partial charge >= 0.3 is 0 Å². The van der Waals surface area contributed by atoms with Crippen molar-refractivity contribution in [2.45, 2.75) is 6.10 Å². The Hall–Kier alpha value is -2.41. The van der Waals surface area contributed by atoms with E-state index in [0.29, 0.717) is 10.7 Å². The molecule has 0 amide bonds. The number of hydrogen-bond donors (Lipinski definition) is 2. The predicted octanol–water partition coefficient (Wildman–Crippen LogP) is 3.82. The lowest BCUT2D eigenvalue weighted by Gasteiger charge is -2.15. The lowest BCUT2D eigenvalue weighted by molar-refractivity contribution is 0.186. The number of benzene rings is 2. The molecule has 1 unspecified atom stereocenters. The van der Waals surface area contributed by atoms with Crippen LogP contribution in [0, 0.1) is 5.82 Å². The highest BCUT2D eigenvalue weighted by Gasteiger charge is 2.15. The second kappa shape index (κ2) is 7.86. The number of nitrogens with zero attached hydrogens (tertiary/aromatic N) is 2. The molecule has 0 bridgehead atoms. The van der Waals surface area contributed by atoms with E-state index in [0.717, 1.165) is 4.68 Å². The van der Waals surface area contributed by atoms with Crippen molar-refractivity contribution in [2.75, 3.05) is 11.9 Å². The standard InChI is InChI=1S/C18H14Cl2FN3O2/c19-11-5-7-12(8-6-11)24-18(26)17(20)15(9-23-24)22-10-16(25)13-3-1-2-4-14(13)21/h1-9,16,22,25H,10H2. The molecule has 134 valence electrons. The number of hydrogen-bond acceptors (Lipinski definition) is 4. The molecule has 0 aliphatic carbocycles. The van der Waals surface area contributed by atoms with Crippen LogP contribution in [-0.4, -0.2) is 21.4 Å². The summed E-state index contributed by atoms with van der Waals surface area (Å²) in [5, 5.41) is 17.5. The third-order valence-corrected chi connectivity index (χ3v) is 4.36. The van der Waals surface area contributed by atoms with Gasteiger partial charge in [0, 0.05) is 17.1 Å². The molecule has 0 aliphatic rings. The molecule has 8 heteroatoms. The van der Waals surface area contributed by atoms with Gasteiger partial charge in [0.15, 0.2) is 0 Å². The minimum absolute atomic E-state index is 0.0350. The highest BCUT2D eigenvalue weighted by atomic mass is 35.5. The number of halogens is 3. The summed E-state index contributed by atoms with van der Waals surface area (Å²) in [5.41, 5.74) is 0.384. The summed E-state index contributed by atoms with van der Waals surface area (Å²) in [6.07, 6.45) is 0.262. The maximum absolute atomic E-state index is 13.7. The summed E-state index contributed by atoms with van der Waals surface area (Å²) in [5.74, 6) is -0.510. The van der Waals surface area contributed by atoms with E-state index >= 15 is 0 Å². The lowest BCUT2D eigenvalue weighted by atomic mass is 10.1. The first-order valence-electron chi connectivity index (χ1n) is 7.67. The van der Waals surface area contributed by atoms with Gasteiger partial charge in [-0.3, -0.25) is 4.79 Å². The Morgan fingerprint density at radius 2 is 1.85 bits per heavy atom. The van der Waals surface area contributed by atoms with Crippen LogP contribution in [-0.2, 0) is 0 Å². The molecular weight excluding hydrogens is 380 g/mol. The van der Waals surface area contributed by atoms with Crippen LogP contribution in [0.1, 0.15) is 11.7 Å². The second-order valence-electron chi connectivity index (χ2n) is 5.48. The van der Waals surface area contributed by atoms with Gasteiger partial charge in [0.1, 0.15) is 10.8 Å². The zero-order chi connectivity index (χ0) is 18.7. The van der Waals surface area contributed by atoms with Crippen molar-refractivity contribution in [2.24, 2.45) is 0 Å². The predicted molar refractivity (Wildman–Crippen MR) is 99.7 cm³/mol. The van der Waals surface area contributed by atoms with E-state index in [1.165, 1.54) is 24.4 Å². The summed E-state index contributed by atoms with van der Waals surface area (Å²) in [4.78, 5) is 12.4. The van der Waals surface area contributed by atoms with Gasteiger partial charge in [-0.05, 0) is 30.3 Å². The number of aromatic nitrogens is 2. The van der Waals surface area contributed by atoms with Gasteiger partial charge in [-0.1, -0.05) is 41.4 Å². The molecule has 5 nitrogen and oxygen atoms in total. The van der Waals surface area contributed by atoms with Crippen LogP contribution in [0.25, 0.3) is 5.69 Å². The molecule has 26 heavy (non-hydrogen) atoms. The molecule has 0 saturated heterocycles. The van der Waals surface area contributed by atoms with E-state index < -0.39 is 17.5 Å².